The van der Waals surface area contributed by atoms with Crippen LogP contribution in [-0.4, -0.2) is 12.6 Å². The maximum atomic E-state index is 5.90. The molecule has 0 saturated heterocycles. The first-order valence-electron chi connectivity index (χ1n) is 7.09. The predicted octanol–water partition coefficient (Wildman–Crippen LogP) is 4.29. The van der Waals surface area contributed by atoms with E-state index in [9.17, 15) is 0 Å². The molecule has 0 amide bonds. The number of nitrogens with one attached hydrogen (secondary N) is 1. The summed E-state index contributed by atoms with van der Waals surface area (Å²) in [4.78, 5) is 0. The van der Waals surface area contributed by atoms with Crippen LogP contribution in [0.2, 0.25) is 0 Å². The Balaban J connectivity index is 2.38. The molecule has 20 heavy (non-hydrogen) atoms. The van der Waals surface area contributed by atoms with Crippen LogP contribution in [0.5, 0.6) is 5.75 Å². The molecule has 0 spiro atoms. The van der Waals surface area contributed by atoms with Gasteiger partial charge in [-0.1, -0.05) is 50.8 Å². The molecule has 0 fully saturated rings. The molecule has 0 heterocycles. The van der Waals surface area contributed by atoms with Gasteiger partial charge in [0.05, 0.1) is 0 Å². The molecule has 2 aromatic carbocycles. The zero-order valence-electron chi connectivity index (χ0n) is 12.6. The summed E-state index contributed by atoms with van der Waals surface area (Å²) in [7, 11) is 0. The van der Waals surface area contributed by atoms with Crippen molar-refractivity contribution in [3.05, 3.63) is 54.1 Å². The molecular formula is C18H23NO. The zero-order chi connectivity index (χ0) is 14.5. The molecule has 0 saturated carbocycles. The Hall–Kier alpha value is -1.80. The van der Waals surface area contributed by atoms with Crippen LogP contribution in [0.3, 0.4) is 0 Å². The summed E-state index contributed by atoms with van der Waals surface area (Å²) >= 11 is 0. The zero-order valence-corrected chi connectivity index (χ0v) is 12.6. The molecule has 0 aliphatic carbocycles. The van der Waals surface area contributed by atoms with Crippen molar-refractivity contribution in [3.8, 4) is 5.75 Å². The molecule has 2 heteroatoms. The third kappa shape index (κ3) is 3.61. The standard InChI is InChI=1S/C18H23NO/c1-13(2)12-20-18-10-9-15-7-5-6-8-16(15)17(18)11-19-14(3)4/h5-10,14,19H,1,11-12H2,2-4H3. The Morgan fingerprint density at radius 3 is 2.65 bits per heavy atom. The summed E-state index contributed by atoms with van der Waals surface area (Å²) in [5.41, 5.74) is 2.25. The van der Waals surface area contributed by atoms with Gasteiger partial charge in [-0.05, 0) is 29.3 Å². The van der Waals surface area contributed by atoms with Gasteiger partial charge in [-0.2, -0.15) is 0 Å². The van der Waals surface area contributed by atoms with Crippen molar-refractivity contribution in [2.45, 2.75) is 33.4 Å². The number of hydrogen-bond acceptors (Lipinski definition) is 2. The maximum Gasteiger partial charge on any atom is 0.124 e. The summed E-state index contributed by atoms with van der Waals surface area (Å²) in [6.45, 7) is 11.6. The second-order valence-electron chi connectivity index (χ2n) is 5.54. The fourth-order valence-corrected chi connectivity index (χ4v) is 2.14. The van der Waals surface area contributed by atoms with Crippen molar-refractivity contribution in [2.24, 2.45) is 0 Å². The Morgan fingerprint density at radius 2 is 1.95 bits per heavy atom. The largest absolute Gasteiger partial charge is 0.489 e. The molecular weight excluding hydrogens is 246 g/mol. The Morgan fingerprint density at radius 1 is 1.20 bits per heavy atom. The van der Waals surface area contributed by atoms with E-state index in [1.54, 1.807) is 0 Å². The summed E-state index contributed by atoms with van der Waals surface area (Å²) < 4.78 is 5.90. The van der Waals surface area contributed by atoms with Gasteiger partial charge in [-0.3, -0.25) is 0 Å². The molecule has 1 N–H and O–H groups in total. The van der Waals surface area contributed by atoms with Crippen LogP contribution >= 0.6 is 0 Å². The lowest BCUT2D eigenvalue weighted by Crippen LogP contribution is -2.22. The highest BCUT2D eigenvalue weighted by atomic mass is 16.5. The number of rotatable bonds is 6. The van der Waals surface area contributed by atoms with E-state index in [4.69, 9.17) is 4.74 Å². The quantitative estimate of drug-likeness (QED) is 0.790. The van der Waals surface area contributed by atoms with E-state index in [0.29, 0.717) is 12.6 Å². The van der Waals surface area contributed by atoms with Gasteiger partial charge < -0.3 is 10.1 Å². The SMILES string of the molecule is C=C(C)COc1ccc2ccccc2c1CNC(C)C. The number of ether oxygens (including phenoxy) is 1. The summed E-state index contributed by atoms with van der Waals surface area (Å²) in [6, 6.07) is 13.0. The van der Waals surface area contributed by atoms with Crippen LogP contribution in [0.4, 0.5) is 0 Å². The van der Waals surface area contributed by atoms with E-state index < -0.39 is 0 Å². The number of benzene rings is 2. The van der Waals surface area contributed by atoms with Gasteiger partial charge in [0.15, 0.2) is 0 Å². The third-order valence-corrected chi connectivity index (χ3v) is 3.16. The van der Waals surface area contributed by atoms with Crippen LogP contribution in [0.15, 0.2) is 48.6 Å². The molecule has 0 aliphatic rings. The Bertz CT molecular complexity index is 601. The molecule has 0 unspecified atom stereocenters. The fraction of sp³-hybridized carbons (Fsp3) is 0.333. The molecule has 2 rings (SSSR count). The minimum Gasteiger partial charge on any atom is -0.489 e. The monoisotopic (exact) mass is 269 g/mol. The van der Waals surface area contributed by atoms with Gasteiger partial charge in [-0.25, -0.2) is 0 Å². The number of hydrogen-bond donors (Lipinski definition) is 1. The highest BCUT2D eigenvalue weighted by molar-refractivity contribution is 5.87. The van der Waals surface area contributed by atoms with Gasteiger partial charge in [0.2, 0.25) is 0 Å². The van der Waals surface area contributed by atoms with E-state index in [0.717, 1.165) is 17.9 Å². The second kappa shape index (κ2) is 6.58. The van der Waals surface area contributed by atoms with Gasteiger partial charge in [0, 0.05) is 18.2 Å². The van der Waals surface area contributed by atoms with Crippen molar-refractivity contribution < 1.29 is 4.74 Å². The average Bonchev–Trinajstić information content (AvgIpc) is 2.42. The van der Waals surface area contributed by atoms with Crippen LogP contribution in [0.25, 0.3) is 10.8 Å². The molecule has 2 nitrogen and oxygen atoms in total. The molecule has 0 atom stereocenters. The predicted molar refractivity (Wildman–Crippen MR) is 86.2 cm³/mol. The molecule has 0 aliphatic heterocycles. The van der Waals surface area contributed by atoms with E-state index in [1.165, 1.54) is 16.3 Å². The van der Waals surface area contributed by atoms with Crippen molar-refractivity contribution in [3.63, 3.8) is 0 Å². The average molecular weight is 269 g/mol. The lowest BCUT2D eigenvalue weighted by Gasteiger charge is -2.16. The summed E-state index contributed by atoms with van der Waals surface area (Å²) in [5, 5.41) is 5.98. The molecule has 0 radical (unpaired) electrons. The van der Waals surface area contributed by atoms with E-state index in [1.807, 2.05) is 6.92 Å². The Labute approximate surface area is 121 Å². The van der Waals surface area contributed by atoms with Crippen molar-refractivity contribution >= 4 is 10.8 Å². The topological polar surface area (TPSA) is 21.3 Å². The first-order valence-corrected chi connectivity index (χ1v) is 7.09. The van der Waals surface area contributed by atoms with Crippen LogP contribution in [-0.2, 0) is 6.54 Å². The number of fused-ring (bicyclic) bond motifs is 1. The van der Waals surface area contributed by atoms with Crippen molar-refractivity contribution in [2.75, 3.05) is 6.61 Å². The van der Waals surface area contributed by atoms with Gasteiger partial charge in [-0.15, -0.1) is 0 Å². The first-order chi connectivity index (χ1) is 9.58. The van der Waals surface area contributed by atoms with Gasteiger partial charge in [0.1, 0.15) is 12.4 Å². The molecule has 2 aromatic rings. The summed E-state index contributed by atoms with van der Waals surface area (Å²) in [6.07, 6.45) is 0. The second-order valence-corrected chi connectivity index (χ2v) is 5.54. The van der Waals surface area contributed by atoms with Crippen molar-refractivity contribution in [1.29, 1.82) is 0 Å². The fourth-order valence-electron chi connectivity index (χ4n) is 2.14. The van der Waals surface area contributed by atoms with E-state index in [2.05, 4.69) is 62.1 Å². The van der Waals surface area contributed by atoms with Gasteiger partial charge >= 0.3 is 0 Å². The first kappa shape index (κ1) is 14.6. The van der Waals surface area contributed by atoms with Crippen molar-refractivity contribution in [1.82, 2.24) is 5.32 Å². The van der Waals surface area contributed by atoms with Crippen LogP contribution in [0.1, 0.15) is 26.3 Å². The minimum absolute atomic E-state index is 0.447. The minimum atomic E-state index is 0.447. The normalized spacial score (nSPS) is 11.0. The van der Waals surface area contributed by atoms with Crippen LogP contribution in [0, 0.1) is 0 Å². The maximum absolute atomic E-state index is 5.90. The highest BCUT2D eigenvalue weighted by Crippen LogP contribution is 2.28. The smallest absolute Gasteiger partial charge is 0.124 e. The molecule has 0 bridgehead atoms. The molecule has 106 valence electrons. The highest BCUT2D eigenvalue weighted by Gasteiger charge is 2.09. The lowest BCUT2D eigenvalue weighted by molar-refractivity contribution is 0.348. The van der Waals surface area contributed by atoms with E-state index >= 15 is 0 Å². The lowest BCUT2D eigenvalue weighted by atomic mass is 10.0. The Kier molecular flexibility index (Phi) is 4.80. The van der Waals surface area contributed by atoms with Crippen LogP contribution < -0.4 is 10.1 Å². The molecule has 0 aromatic heterocycles. The van der Waals surface area contributed by atoms with E-state index in [-0.39, 0.29) is 0 Å². The van der Waals surface area contributed by atoms with Gasteiger partial charge in [0.25, 0.3) is 0 Å². The summed E-state index contributed by atoms with van der Waals surface area (Å²) in [5.74, 6) is 0.944. The third-order valence-electron chi connectivity index (χ3n) is 3.16.